The number of carbonyl (C=O) groups excluding carboxylic acids is 1. The molecule has 1 amide bonds. The van der Waals surface area contributed by atoms with Crippen molar-refractivity contribution in [2.24, 2.45) is 0 Å². The minimum atomic E-state index is -0.447. The van der Waals surface area contributed by atoms with Crippen molar-refractivity contribution < 1.29 is 9.53 Å². The standard InChI is InChI=1S/C18H19N3O3S/c1-11-4-6-13(7-5-11)15-10-25-18-19-8-14(17(23)21(15)18)16(22)20-12(2)9-24-3/h4-8,10,12H,9H2,1-3H3,(H,20,22)/t12-/m0/s1. The van der Waals surface area contributed by atoms with Gasteiger partial charge in [-0.05, 0) is 19.4 Å². The van der Waals surface area contributed by atoms with Crippen LogP contribution in [0.3, 0.4) is 0 Å². The normalized spacial score (nSPS) is 12.3. The summed E-state index contributed by atoms with van der Waals surface area (Å²) in [5.41, 5.74) is 2.43. The molecule has 1 aromatic carbocycles. The number of ether oxygens (including phenoxy) is 1. The molecule has 0 unspecified atom stereocenters. The van der Waals surface area contributed by atoms with Gasteiger partial charge in [-0.3, -0.25) is 14.0 Å². The van der Waals surface area contributed by atoms with Gasteiger partial charge in [0.15, 0.2) is 4.96 Å². The molecule has 2 aromatic heterocycles. The summed E-state index contributed by atoms with van der Waals surface area (Å²) < 4.78 is 6.49. The van der Waals surface area contributed by atoms with E-state index >= 15 is 0 Å². The van der Waals surface area contributed by atoms with Crippen molar-refractivity contribution in [3.63, 3.8) is 0 Å². The quantitative estimate of drug-likeness (QED) is 0.761. The van der Waals surface area contributed by atoms with Crippen molar-refractivity contribution in [2.75, 3.05) is 13.7 Å². The summed E-state index contributed by atoms with van der Waals surface area (Å²) in [6.45, 7) is 4.19. The fourth-order valence-corrected chi connectivity index (χ4v) is 3.43. The van der Waals surface area contributed by atoms with Crippen LogP contribution in [0.4, 0.5) is 0 Å². The van der Waals surface area contributed by atoms with Crippen LogP contribution in [0.5, 0.6) is 0 Å². The average molecular weight is 357 g/mol. The molecule has 0 aliphatic rings. The van der Waals surface area contributed by atoms with Gasteiger partial charge in [-0.1, -0.05) is 29.8 Å². The molecule has 6 nitrogen and oxygen atoms in total. The Hall–Kier alpha value is -2.51. The molecule has 25 heavy (non-hydrogen) atoms. The van der Waals surface area contributed by atoms with Crippen LogP contribution in [-0.4, -0.2) is 35.1 Å². The van der Waals surface area contributed by atoms with Crippen molar-refractivity contribution in [3.05, 3.63) is 57.3 Å². The number of fused-ring (bicyclic) bond motifs is 1. The molecule has 0 saturated carbocycles. The van der Waals surface area contributed by atoms with E-state index in [0.717, 1.165) is 16.8 Å². The van der Waals surface area contributed by atoms with Crippen molar-refractivity contribution in [1.29, 1.82) is 0 Å². The zero-order valence-corrected chi connectivity index (χ0v) is 15.1. The van der Waals surface area contributed by atoms with Crippen molar-refractivity contribution in [2.45, 2.75) is 19.9 Å². The molecule has 2 heterocycles. The van der Waals surface area contributed by atoms with Crippen LogP contribution in [0.1, 0.15) is 22.8 Å². The van der Waals surface area contributed by atoms with Gasteiger partial charge in [-0.2, -0.15) is 0 Å². The maximum Gasteiger partial charge on any atom is 0.271 e. The Labute approximate surface area is 149 Å². The maximum atomic E-state index is 12.9. The van der Waals surface area contributed by atoms with Crippen LogP contribution in [0.25, 0.3) is 16.2 Å². The number of amides is 1. The molecule has 0 fully saturated rings. The average Bonchev–Trinajstić information content (AvgIpc) is 3.01. The molecule has 0 aliphatic heterocycles. The number of hydrogen-bond acceptors (Lipinski definition) is 5. The van der Waals surface area contributed by atoms with Crippen LogP contribution in [0.2, 0.25) is 0 Å². The second kappa shape index (κ2) is 7.16. The molecule has 0 spiro atoms. The third-order valence-corrected chi connectivity index (χ3v) is 4.67. The van der Waals surface area contributed by atoms with Gasteiger partial charge in [-0.15, -0.1) is 11.3 Å². The van der Waals surface area contributed by atoms with E-state index in [0.29, 0.717) is 11.6 Å². The highest BCUT2D eigenvalue weighted by Crippen LogP contribution is 2.24. The van der Waals surface area contributed by atoms with E-state index in [1.807, 2.05) is 43.5 Å². The number of thiazole rings is 1. The lowest BCUT2D eigenvalue weighted by Gasteiger charge is -2.12. The molecule has 3 rings (SSSR count). The first-order valence-corrected chi connectivity index (χ1v) is 8.75. The van der Waals surface area contributed by atoms with E-state index in [-0.39, 0.29) is 17.2 Å². The fourth-order valence-electron chi connectivity index (χ4n) is 2.57. The zero-order chi connectivity index (χ0) is 18.0. The maximum absolute atomic E-state index is 12.9. The molecule has 7 heteroatoms. The predicted molar refractivity (Wildman–Crippen MR) is 98.3 cm³/mol. The monoisotopic (exact) mass is 357 g/mol. The van der Waals surface area contributed by atoms with Gasteiger partial charge in [0.25, 0.3) is 11.5 Å². The zero-order valence-electron chi connectivity index (χ0n) is 14.3. The number of nitrogens with one attached hydrogen (secondary N) is 1. The van der Waals surface area contributed by atoms with Gasteiger partial charge in [0.2, 0.25) is 0 Å². The SMILES string of the molecule is COC[C@H](C)NC(=O)c1cnc2scc(-c3ccc(C)cc3)n2c1=O. The van der Waals surface area contributed by atoms with Gasteiger partial charge >= 0.3 is 0 Å². The van der Waals surface area contributed by atoms with Gasteiger partial charge in [0, 0.05) is 24.7 Å². The minimum Gasteiger partial charge on any atom is -0.383 e. The summed E-state index contributed by atoms with van der Waals surface area (Å²) in [4.78, 5) is 30.1. The smallest absolute Gasteiger partial charge is 0.271 e. The summed E-state index contributed by atoms with van der Waals surface area (Å²) in [5.74, 6) is -0.447. The van der Waals surface area contributed by atoms with E-state index in [2.05, 4.69) is 10.3 Å². The number of hydrogen-bond donors (Lipinski definition) is 1. The first-order valence-electron chi connectivity index (χ1n) is 7.87. The Balaban J connectivity index is 2.04. The third kappa shape index (κ3) is 3.47. The summed E-state index contributed by atoms with van der Waals surface area (Å²) in [6.07, 6.45) is 1.34. The number of rotatable bonds is 5. The number of carbonyl (C=O) groups is 1. The van der Waals surface area contributed by atoms with E-state index in [1.54, 1.807) is 7.11 Å². The lowest BCUT2D eigenvalue weighted by Crippen LogP contribution is -2.39. The second-order valence-electron chi connectivity index (χ2n) is 5.91. The lowest BCUT2D eigenvalue weighted by molar-refractivity contribution is 0.0903. The van der Waals surface area contributed by atoms with Crippen molar-refractivity contribution in [3.8, 4) is 11.3 Å². The van der Waals surface area contributed by atoms with E-state index in [1.165, 1.54) is 21.9 Å². The first kappa shape index (κ1) is 17.3. The molecule has 1 atom stereocenters. The summed E-state index contributed by atoms with van der Waals surface area (Å²) in [7, 11) is 1.56. The number of benzene rings is 1. The Bertz CT molecular complexity index is 960. The summed E-state index contributed by atoms with van der Waals surface area (Å²) in [5, 5.41) is 4.63. The molecule has 0 aliphatic carbocycles. The Morgan fingerprint density at radius 3 is 2.76 bits per heavy atom. The van der Waals surface area contributed by atoms with Crippen LogP contribution in [-0.2, 0) is 4.74 Å². The van der Waals surface area contributed by atoms with E-state index in [9.17, 15) is 9.59 Å². The van der Waals surface area contributed by atoms with Crippen molar-refractivity contribution in [1.82, 2.24) is 14.7 Å². The molecule has 130 valence electrons. The van der Waals surface area contributed by atoms with Gasteiger partial charge in [-0.25, -0.2) is 4.98 Å². The molecule has 1 N–H and O–H groups in total. The Kier molecular flexibility index (Phi) is 4.96. The Morgan fingerprint density at radius 2 is 2.08 bits per heavy atom. The minimum absolute atomic E-state index is 0.0206. The van der Waals surface area contributed by atoms with Gasteiger partial charge in [0.05, 0.1) is 12.3 Å². The number of aromatic nitrogens is 2. The molecule has 0 saturated heterocycles. The number of methoxy groups -OCH3 is 1. The molecule has 3 aromatic rings. The lowest BCUT2D eigenvalue weighted by atomic mass is 10.1. The highest BCUT2D eigenvalue weighted by Gasteiger charge is 2.18. The molecular formula is C18H19N3O3S. The molecule has 0 bridgehead atoms. The van der Waals surface area contributed by atoms with Crippen LogP contribution >= 0.6 is 11.3 Å². The first-order chi connectivity index (χ1) is 12.0. The Morgan fingerprint density at radius 1 is 1.36 bits per heavy atom. The van der Waals surface area contributed by atoms with E-state index in [4.69, 9.17) is 4.74 Å². The summed E-state index contributed by atoms with van der Waals surface area (Å²) in [6, 6.07) is 7.69. The second-order valence-corrected chi connectivity index (χ2v) is 6.75. The highest BCUT2D eigenvalue weighted by molar-refractivity contribution is 7.15. The van der Waals surface area contributed by atoms with Gasteiger partial charge < -0.3 is 10.1 Å². The fraction of sp³-hybridized carbons (Fsp3) is 0.278. The van der Waals surface area contributed by atoms with Crippen molar-refractivity contribution >= 4 is 22.2 Å². The summed E-state index contributed by atoms with van der Waals surface area (Å²) >= 11 is 1.37. The predicted octanol–water partition coefficient (Wildman–Crippen LogP) is 2.50. The van der Waals surface area contributed by atoms with Crippen LogP contribution in [0, 0.1) is 6.92 Å². The highest BCUT2D eigenvalue weighted by atomic mass is 32.1. The van der Waals surface area contributed by atoms with E-state index < -0.39 is 5.91 Å². The van der Waals surface area contributed by atoms with Crippen LogP contribution in [0.15, 0.2) is 40.6 Å². The number of nitrogens with zero attached hydrogens (tertiary/aromatic N) is 2. The molecule has 0 radical (unpaired) electrons. The van der Waals surface area contributed by atoms with Gasteiger partial charge in [0.1, 0.15) is 5.56 Å². The molecular weight excluding hydrogens is 338 g/mol. The topological polar surface area (TPSA) is 72.7 Å². The number of aryl methyl sites for hydroxylation is 1. The van der Waals surface area contributed by atoms with Crippen LogP contribution < -0.4 is 10.9 Å². The largest absolute Gasteiger partial charge is 0.383 e. The third-order valence-electron chi connectivity index (χ3n) is 3.83.